The van der Waals surface area contributed by atoms with Crippen molar-refractivity contribution >= 4 is 14.4 Å². The molecule has 0 N–H and O–H groups in total. The van der Waals surface area contributed by atoms with E-state index in [-0.39, 0.29) is 5.92 Å². The third kappa shape index (κ3) is 7.80. The Balaban J connectivity index is 4.05. The SMILES string of the molecule is CC(C#C[Si](C)(C)C)CC(C)C=O. The van der Waals surface area contributed by atoms with Gasteiger partial charge in [0.05, 0.1) is 0 Å². The topological polar surface area (TPSA) is 17.1 Å². The van der Waals surface area contributed by atoms with Gasteiger partial charge in [0.15, 0.2) is 0 Å². The minimum atomic E-state index is -1.23. The number of carbonyl (C=O) groups is 1. The van der Waals surface area contributed by atoms with E-state index in [1.165, 1.54) is 0 Å². The highest BCUT2D eigenvalue weighted by Gasteiger charge is 2.09. The lowest BCUT2D eigenvalue weighted by Gasteiger charge is -2.08. The van der Waals surface area contributed by atoms with E-state index in [1.54, 1.807) is 0 Å². The summed E-state index contributed by atoms with van der Waals surface area (Å²) in [6.45, 7) is 10.7. The second-order valence-electron chi connectivity index (χ2n) is 4.77. The van der Waals surface area contributed by atoms with E-state index < -0.39 is 8.07 Å². The number of hydrogen-bond acceptors (Lipinski definition) is 1. The highest BCUT2D eigenvalue weighted by atomic mass is 28.3. The first kappa shape index (κ1) is 12.4. The van der Waals surface area contributed by atoms with E-state index >= 15 is 0 Å². The molecule has 0 amide bonds. The van der Waals surface area contributed by atoms with Crippen molar-refractivity contribution in [3.8, 4) is 11.5 Å². The largest absolute Gasteiger partial charge is 0.303 e. The number of aldehydes is 1. The molecular formula is C11H20OSi. The van der Waals surface area contributed by atoms with Crippen molar-refractivity contribution in [1.82, 2.24) is 0 Å². The van der Waals surface area contributed by atoms with Crippen molar-refractivity contribution in [2.24, 2.45) is 11.8 Å². The predicted octanol–water partition coefficient (Wildman–Crippen LogP) is 2.73. The first-order valence-corrected chi connectivity index (χ1v) is 8.33. The summed E-state index contributed by atoms with van der Waals surface area (Å²) in [6.07, 6.45) is 1.90. The summed E-state index contributed by atoms with van der Waals surface area (Å²) < 4.78 is 0. The summed E-state index contributed by atoms with van der Waals surface area (Å²) in [5, 5.41) is 0. The second-order valence-corrected chi connectivity index (χ2v) is 9.52. The molecule has 0 radical (unpaired) electrons. The highest BCUT2D eigenvalue weighted by Crippen LogP contribution is 2.09. The average molecular weight is 196 g/mol. The van der Waals surface area contributed by atoms with Crippen molar-refractivity contribution in [1.29, 1.82) is 0 Å². The van der Waals surface area contributed by atoms with Crippen LogP contribution >= 0.6 is 0 Å². The zero-order valence-corrected chi connectivity index (χ0v) is 10.3. The molecule has 0 aliphatic carbocycles. The summed E-state index contributed by atoms with van der Waals surface area (Å²) in [5.74, 6) is 3.74. The van der Waals surface area contributed by atoms with Crippen molar-refractivity contribution < 1.29 is 4.79 Å². The van der Waals surface area contributed by atoms with Gasteiger partial charge in [-0.2, -0.15) is 0 Å². The lowest BCUT2D eigenvalue weighted by Crippen LogP contribution is -2.17. The zero-order valence-electron chi connectivity index (χ0n) is 9.35. The Morgan fingerprint density at radius 3 is 2.23 bits per heavy atom. The smallest absolute Gasteiger partial charge is 0.129 e. The number of rotatable bonds is 3. The molecule has 0 aliphatic rings. The van der Waals surface area contributed by atoms with E-state index in [0.29, 0.717) is 5.92 Å². The Bertz CT molecular complexity index is 216. The van der Waals surface area contributed by atoms with Crippen molar-refractivity contribution in [3.63, 3.8) is 0 Å². The van der Waals surface area contributed by atoms with Crippen LogP contribution < -0.4 is 0 Å². The Labute approximate surface area is 82.9 Å². The minimum absolute atomic E-state index is 0.144. The minimum Gasteiger partial charge on any atom is -0.303 e. The average Bonchev–Trinajstić information content (AvgIpc) is 1.99. The van der Waals surface area contributed by atoms with Crippen LogP contribution in [0.5, 0.6) is 0 Å². The van der Waals surface area contributed by atoms with Crippen LogP contribution in [0.3, 0.4) is 0 Å². The molecule has 0 heterocycles. The van der Waals surface area contributed by atoms with Crippen LogP contribution in [-0.2, 0) is 4.79 Å². The van der Waals surface area contributed by atoms with Crippen molar-refractivity contribution in [2.45, 2.75) is 39.9 Å². The van der Waals surface area contributed by atoms with Gasteiger partial charge in [0.25, 0.3) is 0 Å². The normalized spacial score (nSPS) is 15.5. The molecule has 0 aliphatic heterocycles. The highest BCUT2D eigenvalue weighted by molar-refractivity contribution is 6.83. The summed E-state index contributed by atoms with van der Waals surface area (Å²) >= 11 is 0. The number of hydrogen-bond donors (Lipinski definition) is 0. The summed E-state index contributed by atoms with van der Waals surface area (Å²) in [7, 11) is -1.23. The van der Waals surface area contributed by atoms with Gasteiger partial charge < -0.3 is 4.79 Å². The molecule has 2 heteroatoms. The fourth-order valence-electron chi connectivity index (χ4n) is 1.01. The van der Waals surface area contributed by atoms with E-state index in [2.05, 4.69) is 38.0 Å². The van der Waals surface area contributed by atoms with Crippen LogP contribution in [0.4, 0.5) is 0 Å². The maximum Gasteiger partial charge on any atom is 0.129 e. The summed E-state index contributed by atoms with van der Waals surface area (Å²) in [6, 6.07) is 0. The molecule has 2 unspecified atom stereocenters. The van der Waals surface area contributed by atoms with Gasteiger partial charge in [-0.05, 0) is 6.42 Å². The van der Waals surface area contributed by atoms with Gasteiger partial charge in [0, 0.05) is 11.8 Å². The molecule has 2 atom stereocenters. The van der Waals surface area contributed by atoms with Crippen LogP contribution in [-0.4, -0.2) is 14.4 Å². The molecule has 0 saturated heterocycles. The molecule has 0 spiro atoms. The molecule has 74 valence electrons. The van der Waals surface area contributed by atoms with Crippen LogP contribution in [0.25, 0.3) is 0 Å². The molecule has 0 bridgehead atoms. The van der Waals surface area contributed by atoms with Crippen LogP contribution in [0.15, 0.2) is 0 Å². The van der Waals surface area contributed by atoms with Gasteiger partial charge in [-0.1, -0.05) is 33.5 Å². The van der Waals surface area contributed by atoms with E-state index in [9.17, 15) is 4.79 Å². The monoisotopic (exact) mass is 196 g/mol. The van der Waals surface area contributed by atoms with Gasteiger partial charge >= 0.3 is 0 Å². The van der Waals surface area contributed by atoms with Crippen LogP contribution in [0.2, 0.25) is 19.6 Å². The Hall–Kier alpha value is -0.553. The molecule has 0 aromatic heterocycles. The fourth-order valence-corrected chi connectivity index (χ4v) is 1.69. The van der Waals surface area contributed by atoms with E-state index in [1.807, 2.05) is 6.92 Å². The maximum absolute atomic E-state index is 10.4. The quantitative estimate of drug-likeness (QED) is 0.385. The van der Waals surface area contributed by atoms with Gasteiger partial charge in [-0.15, -0.1) is 11.5 Å². The fraction of sp³-hybridized carbons (Fsp3) is 0.727. The molecule has 13 heavy (non-hydrogen) atoms. The van der Waals surface area contributed by atoms with E-state index in [4.69, 9.17) is 0 Å². The van der Waals surface area contributed by atoms with Crippen molar-refractivity contribution in [2.75, 3.05) is 0 Å². The summed E-state index contributed by atoms with van der Waals surface area (Å²) in [4.78, 5) is 10.4. The lowest BCUT2D eigenvalue weighted by atomic mass is 10.00. The Morgan fingerprint density at radius 2 is 1.85 bits per heavy atom. The number of carbonyl (C=O) groups excluding carboxylic acids is 1. The van der Waals surface area contributed by atoms with Gasteiger partial charge in [-0.3, -0.25) is 0 Å². The van der Waals surface area contributed by atoms with Gasteiger partial charge in [0.1, 0.15) is 14.4 Å². The van der Waals surface area contributed by atoms with Crippen LogP contribution in [0, 0.1) is 23.3 Å². The zero-order chi connectivity index (χ0) is 10.5. The standard InChI is InChI=1S/C11H20OSi/c1-10(8-11(2)9-12)6-7-13(3,4)5/h9-11H,8H2,1-5H3. The Morgan fingerprint density at radius 1 is 1.31 bits per heavy atom. The predicted molar refractivity (Wildman–Crippen MR) is 60.1 cm³/mol. The second kappa shape index (κ2) is 5.24. The van der Waals surface area contributed by atoms with Crippen LogP contribution in [0.1, 0.15) is 20.3 Å². The molecule has 1 nitrogen and oxygen atoms in total. The molecule has 0 saturated carbocycles. The maximum atomic E-state index is 10.4. The Kier molecular flexibility index (Phi) is 5.01. The van der Waals surface area contributed by atoms with Crippen molar-refractivity contribution in [3.05, 3.63) is 0 Å². The van der Waals surface area contributed by atoms with Gasteiger partial charge in [-0.25, -0.2) is 0 Å². The summed E-state index contributed by atoms with van der Waals surface area (Å²) in [5.41, 5.74) is 3.32. The first-order chi connectivity index (χ1) is 5.85. The first-order valence-electron chi connectivity index (χ1n) is 4.83. The lowest BCUT2D eigenvalue weighted by molar-refractivity contribution is -0.110. The van der Waals surface area contributed by atoms with E-state index in [0.717, 1.165) is 12.7 Å². The molecule has 0 rings (SSSR count). The molecule has 0 fully saturated rings. The molecule has 0 aromatic rings. The molecular weight excluding hydrogens is 176 g/mol. The third-order valence-electron chi connectivity index (χ3n) is 1.65. The molecule has 0 aromatic carbocycles. The van der Waals surface area contributed by atoms with Gasteiger partial charge in [0.2, 0.25) is 0 Å². The third-order valence-corrected chi connectivity index (χ3v) is 2.55.